The van der Waals surface area contributed by atoms with Crippen LogP contribution in [0.15, 0.2) is 70.4 Å². The number of carbonyl (C=O) groups excluding carboxylic acids is 2. The molecule has 0 bridgehead atoms. The topological polar surface area (TPSA) is 77.5 Å². The number of methoxy groups -OCH3 is 2. The highest BCUT2D eigenvalue weighted by molar-refractivity contribution is 7.13. The molecule has 1 aromatic heterocycles. The van der Waals surface area contributed by atoms with Crippen LogP contribution in [-0.4, -0.2) is 31.1 Å². The summed E-state index contributed by atoms with van der Waals surface area (Å²) in [6.45, 7) is 3.57. The van der Waals surface area contributed by atoms with Gasteiger partial charge in [-0.2, -0.15) is 0 Å². The zero-order valence-electron chi connectivity index (χ0n) is 19.4. The van der Waals surface area contributed by atoms with Gasteiger partial charge in [0.25, 0.3) is 0 Å². The van der Waals surface area contributed by atoms with Gasteiger partial charge < -0.3 is 14.8 Å². The van der Waals surface area contributed by atoms with E-state index < -0.39 is 17.9 Å². The summed E-state index contributed by atoms with van der Waals surface area (Å²) >= 11 is 13.7. The molecule has 1 aliphatic rings. The fourth-order valence-corrected chi connectivity index (χ4v) is 5.37. The molecule has 0 radical (unpaired) electrons. The van der Waals surface area contributed by atoms with Gasteiger partial charge >= 0.3 is 11.9 Å². The van der Waals surface area contributed by atoms with Crippen LogP contribution in [-0.2, 0) is 19.1 Å². The zero-order chi connectivity index (χ0) is 25.3. The van der Waals surface area contributed by atoms with Crippen LogP contribution in [0.5, 0.6) is 0 Å². The molecule has 4 rings (SSSR count). The lowest BCUT2D eigenvalue weighted by Gasteiger charge is -2.31. The number of thiazole rings is 1. The van der Waals surface area contributed by atoms with Gasteiger partial charge in [-0.15, -0.1) is 11.3 Å². The van der Waals surface area contributed by atoms with Crippen LogP contribution in [0.25, 0.3) is 21.8 Å². The second-order valence-electron chi connectivity index (χ2n) is 7.87. The van der Waals surface area contributed by atoms with Crippen LogP contribution in [0.4, 0.5) is 0 Å². The van der Waals surface area contributed by atoms with Crippen molar-refractivity contribution in [2.24, 2.45) is 0 Å². The first kappa shape index (κ1) is 25.0. The molecule has 0 fully saturated rings. The van der Waals surface area contributed by atoms with E-state index in [1.165, 1.54) is 25.6 Å². The Hall–Kier alpha value is -3.13. The Morgan fingerprint density at radius 1 is 0.943 bits per heavy atom. The predicted octanol–water partition coefficient (Wildman–Crippen LogP) is 6.36. The minimum Gasteiger partial charge on any atom is -0.466 e. The summed E-state index contributed by atoms with van der Waals surface area (Å²) in [7, 11) is 2.64. The van der Waals surface area contributed by atoms with E-state index in [1.54, 1.807) is 26.0 Å². The Bertz CT molecular complexity index is 1360. The molecule has 0 amide bonds. The van der Waals surface area contributed by atoms with Gasteiger partial charge in [-0.05, 0) is 31.5 Å². The van der Waals surface area contributed by atoms with Gasteiger partial charge in [0.1, 0.15) is 5.01 Å². The maximum atomic E-state index is 12.9. The van der Waals surface area contributed by atoms with Crippen molar-refractivity contribution in [2.45, 2.75) is 19.8 Å². The number of hydrogen-bond acceptors (Lipinski definition) is 7. The Morgan fingerprint density at radius 3 is 2.17 bits per heavy atom. The number of benzene rings is 2. The van der Waals surface area contributed by atoms with E-state index in [0.717, 1.165) is 27.4 Å². The molecular formula is C26H22Cl2N2O4S. The molecule has 0 aliphatic carbocycles. The maximum Gasteiger partial charge on any atom is 0.336 e. The van der Waals surface area contributed by atoms with Crippen LogP contribution in [0.3, 0.4) is 0 Å². The third-order valence-corrected chi connectivity index (χ3v) is 7.41. The number of dihydropyridines is 1. The predicted molar refractivity (Wildman–Crippen MR) is 138 cm³/mol. The second kappa shape index (κ2) is 10.2. The first-order valence-electron chi connectivity index (χ1n) is 10.6. The first-order chi connectivity index (χ1) is 16.8. The number of aromatic nitrogens is 1. The van der Waals surface area contributed by atoms with E-state index in [4.69, 9.17) is 37.7 Å². The van der Waals surface area contributed by atoms with Crippen molar-refractivity contribution in [3.63, 3.8) is 0 Å². The Balaban J connectivity index is 1.89. The van der Waals surface area contributed by atoms with E-state index in [2.05, 4.69) is 5.32 Å². The number of esters is 2. The summed E-state index contributed by atoms with van der Waals surface area (Å²) in [5.41, 5.74) is 5.00. The Labute approximate surface area is 217 Å². The number of carbonyl (C=O) groups is 2. The van der Waals surface area contributed by atoms with Crippen molar-refractivity contribution >= 4 is 46.5 Å². The summed E-state index contributed by atoms with van der Waals surface area (Å²) in [5, 5.41) is 6.70. The number of hydrogen-bond donors (Lipinski definition) is 1. The van der Waals surface area contributed by atoms with Crippen molar-refractivity contribution in [3.05, 3.63) is 86.0 Å². The normalized spacial score (nSPS) is 14.1. The molecule has 180 valence electrons. The van der Waals surface area contributed by atoms with Crippen molar-refractivity contribution in [3.8, 4) is 21.8 Å². The van der Waals surface area contributed by atoms with Crippen molar-refractivity contribution in [1.29, 1.82) is 0 Å². The van der Waals surface area contributed by atoms with E-state index in [9.17, 15) is 9.59 Å². The first-order valence-corrected chi connectivity index (χ1v) is 12.3. The number of allylic oxidation sites excluding steroid dienone is 2. The van der Waals surface area contributed by atoms with Gasteiger partial charge in [0.15, 0.2) is 0 Å². The number of nitrogens with one attached hydrogen (secondary N) is 1. The largest absolute Gasteiger partial charge is 0.466 e. The van der Waals surface area contributed by atoms with Crippen LogP contribution in [0.2, 0.25) is 10.0 Å². The van der Waals surface area contributed by atoms with Gasteiger partial charge in [-0.1, -0.05) is 53.5 Å². The molecular weight excluding hydrogens is 507 g/mol. The lowest BCUT2D eigenvalue weighted by atomic mass is 9.78. The molecule has 9 heteroatoms. The highest BCUT2D eigenvalue weighted by atomic mass is 35.5. The van der Waals surface area contributed by atoms with E-state index >= 15 is 0 Å². The van der Waals surface area contributed by atoms with Gasteiger partial charge in [-0.25, -0.2) is 14.6 Å². The van der Waals surface area contributed by atoms with E-state index in [1.807, 2.05) is 35.7 Å². The fourth-order valence-electron chi connectivity index (χ4n) is 4.20. The van der Waals surface area contributed by atoms with Gasteiger partial charge in [0.2, 0.25) is 0 Å². The lowest BCUT2D eigenvalue weighted by Crippen LogP contribution is -2.32. The van der Waals surface area contributed by atoms with Crippen LogP contribution < -0.4 is 5.32 Å². The molecule has 35 heavy (non-hydrogen) atoms. The van der Waals surface area contributed by atoms with E-state index in [0.29, 0.717) is 32.6 Å². The van der Waals surface area contributed by atoms with E-state index in [-0.39, 0.29) is 0 Å². The summed E-state index contributed by atoms with van der Waals surface area (Å²) in [6, 6.07) is 12.9. The van der Waals surface area contributed by atoms with Crippen molar-refractivity contribution in [1.82, 2.24) is 10.3 Å². The van der Waals surface area contributed by atoms with Crippen molar-refractivity contribution < 1.29 is 19.1 Å². The minimum absolute atomic E-state index is 0.340. The molecule has 0 saturated heterocycles. The lowest BCUT2D eigenvalue weighted by molar-refractivity contribution is -0.137. The monoisotopic (exact) mass is 528 g/mol. The summed E-state index contributed by atoms with van der Waals surface area (Å²) < 4.78 is 10.2. The molecule has 1 aliphatic heterocycles. The fraction of sp³-hybridized carbons (Fsp3) is 0.192. The summed E-state index contributed by atoms with van der Waals surface area (Å²) in [5.74, 6) is -1.76. The third kappa shape index (κ3) is 4.72. The van der Waals surface area contributed by atoms with Gasteiger partial charge in [0, 0.05) is 27.9 Å². The highest BCUT2D eigenvalue weighted by Crippen LogP contribution is 2.44. The van der Waals surface area contributed by atoms with Gasteiger partial charge in [0.05, 0.1) is 47.0 Å². The standard InChI is InChI=1S/C26H22Cl2N2O4S/c1-13-21(25(31)33-3)23(22(14(2)29-13)26(32)34-4)16-7-5-6-8-17(16)24-30-20(12-35-24)15-9-10-18(27)19(28)11-15/h5-12,23,29H,1-4H3. The number of nitrogens with zero attached hydrogens (tertiary/aromatic N) is 1. The van der Waals surface area contributed by atoms with Crippen LogP contribution >= 0.6 is 34.5 Å². The molecule has 0 unspecified atom stereocenters. The average molecular weight is 529 g/mol. The third-order valence-electron chi connectivity index (χ3n) is 5.79. The molecule has 2 aromatic carbocycles. The number of ether oxygens (including phenoxy) is 2. The SMILES string of the molecule is COC(=O)C1=C(C)NC(C)=C(C(=O)OC)C1c1ccccc1-c1nc(-c2ccc(Cl)c(Cl)c2)cs1. The Kier molecular flexibility index (Phi) is 7.31. The summed E-state index contributed by atoms with van der Waals surface area (Å²) in [6.07, 6.45) is 0. The molecule has 2 heterocycles. The van der Waals surface area contributed by atoms with Crippen LogP contribution in [0, 0.1) is 0 Å². The quantitative estimate of drug-likeness (QED) is 0.388. The molecule has 6 nitrogen and oxygen atoms in total. The number of rotatable bonds is 5. The highest BCUT2D eigenvalue weighted by Gasteiger charge is 2.38. The minimum atomic E-state index is -0.704. The maximum absolute atomic E-state index is 12.9. The smallest absolute Gasteiger partial charge is 0.336 e. The van der Waals surface area contributed by atoms with Crippen LogP contribution in [0.1, 0.15) is 25.3 Å². The second-order valence-corrected chi connectivity index (χ2v) is 9.55. The number of halogens is 2. The zero-order valence-corrected chi connectivity index (χ0v) is 21.8. The Morgan fingerprint density at radius 2 is 1.57 bits per heavy atom. The average Bonchev–Trinajstić information content (AvgIpc) is 3.34. The van der Waals surface area contributed by atoms with Gasteiger partial charge in [-0.3, -0.25) is 0 Å². The molecule has 0 atom stereocenters. The van der Waals surface area contributed by atoms with Crippen molar-refractivity contribution in [2.75, 3.05) is 14.2 Å². The molecule has 1 N–H and O–H groups in total. The molecule has 3 aromatic rings. The molecule has 0 spiro atoms. The summed E-state index contributed by atoms with van der Waals surface area (Å²) in [4.78, 5) is 30.6. The molecule has 0 saturated carbocycles.